The summed E-state index contributed by atoms with van der Waals surface area (Å²) in [5, 5.41) is 0.754. The van der Waals surface area contributed by atoms with Gasteiger partial charge >= 0.3 is 0 Å². The second kappa shape index (κ2) is 9.67. The molecule has 0 spiro atoms. The molecule has 2 atom stereocenters. The maximum atomic E-state index is 12.4. The Balaban J connectivity index is 1.69. The van der Waals surface area contributed by atoms with Crippen LogP contribution in [0.15, 0.2) is 28.1 Å². The molecular weight excluding hydrogens is 388 g/mol. The van der Waals surface area contributed by atoms with Gasteiger partial charge in [-0.3, -0.25) is 4.79 Å². The first-order valence-electron chi connectivity index (χ1n) is 10.1. The van der Waals surface area contributed by atoms with Gasteiger partial charge in [-0.1, -0.05) is 19.9 Å². The largest absolute Gasteiger partial charge is 0.493 e. The SMILES string of the molecule is COc1cc(/C=C2/SC(N3C[C@@H](C)O[C@H](C)C3)=NC2=O)ccc1OCCC(C)C. The Kier molecular flexibility index (Phi) is 7.24. The molecule has 29 heavy (non-hydrogen) atoms. The zero-order chi connectivity index (χ0) is 21.0. The molecule has 0 N–H and O–H groups in total. The fraction of sp³-hybridized carbons (Fsp3) is 0.545. The van der Waals surface area contributed by atoms with E-state index in [0.29, 0.717) is 28.9 Å². The lowest BCUT2D eigenvalue weighted by molar-refractivity contribution is -0.113. The summed E-state index contributed by atoms with van der Waals surface area (Å²) in [6.45, 7) is 10.6. The Morgan fingerprint density at radius 2 is 2.00 bits per heavy atom. The summed E-state index contributed by atoms with van der Waals surface area (Å²) in [5.74, 6) is 1.76. The molecule has 0 saturated carbocycles. The number of nitrogens with zero attached hydrogens (tertiary/aromatic N) is 2. The third-order valence-corrected chi connectivity index (χ3v) is 5.78. The summed E-state index contributed by atoms with van der Waals surface area (Å²) in [7, 11) is 1.62. The second-order valence-corrected chi connectivity index (χ2v) is 8.92. The zero-order valence-corrected chi connectivity index (χ0v) is 18.6. The summed E-state index contributed by atoms with van der Waals surface area (Å²) in [6, 6.07) is 5.72. The molecule has 158 valence electrons. The quantitative estimate of drug-likeness (QED) is 0.646. The Hall–Kier alpha value is -1.99. The van der Waals surface area contributed by atoms with Gasteiger partial charge in [-0.2, -0.15) is 4.99 Å². The lowest BCUT2D eigenvalue weighted by Crippen LogP contribution is -2.47. The number of benzene rings is 1. The number of hydrogen-bond acceptors (Lipinski definition) is 6. The molecule has 3 rings (SSSR count). The third kappa shape index (κ3) is 5.76. The highest BCUT2D eigenvalue weighted by Crippen LogP contribution is 2.34. The van der Waals surface area contributed by atoms with E-state index in [9.17, 15) is 4.79 Å². The van der Waals surface area contributed by atoms with Gasteiger partial charge in [0.1, 0.15) is 0 Å². The second-order valence-electron chi connectivity index (χ2n) is 7.91. The van der Waals surface area contributed by atoms with Crippen molar-refractivity contribution in [2.75, 3.05) is 26.8 Å². The number of hydrogen-bond donors (Lipinski definition) is 0. The van der Waals surface area contributed by atoms with Crippen LogP contribution in [-0.2, 0) is 9.53 Å². The molecule has 2 aliphatic rings. The minimum Gasteiger partial charge on any atom is -0.493 e. The predicted octanol–water partition coefficient (Wildman–Crippen LogP) is 4.20. The molecule has 1 amide bonds. The number of ether oxygens (including phenoxy) is 3. The molecule has 7 heteroatoms. The molecule has 0 aromatic heterocycles. The number of amides is 1. The van der Waals surface area contributed by atoms with E-state index in [2.05, 4.69) is 23.7 Å². The average molecular weight is 419 g/mol. The number of carbonyl (C=O) groups excluding carboxylic acids is 1. The molecule has 0 radical (unpaired) electrons. The maximum absolute atomic E-state index is 12.4. The van der Waals surface area contributed by atoms with Gasteiger partial charge in [0.15, 0.2) is 16.7 Å². The number of aliphatic imine (C=N–C) groups is 1. The lowest BCUT2D eigenvalue weighted by atomic mass is 10.1. The molecule has 1 aromatic carbocycles. The van der Waals surface area contributed by atoms with Crippen LogP contribution in [0.3, 0.4) is 0 Å². The Bertz CT molecular complexity index is 796. The first-order chi connectivity index (χ1) is 13.9. The molecule has 6 nitrogen and oxygen atoms in total. The van der Waals surface area contributed by atoms with Gasteiger partial charge in [-0.05, 0) is 61.7 Å². The van der Waals surface area contributed by atoms with E-state index >= 15 is 0 Å². The van der Waals surface area contributed by atoms with Gasteiger partial charge in [-0.25, -0.2) is 0 Å². The van der Waals surface area contributed by atoms with Gasteiger partial charge in [0.2, 0.25) is 0 Å². The van der Waals surface area contributed by atoms with Crippen LogP contribution in [0.5, 0.6) is 11.5 Å². The van der Waals surface area contributed by atoms with Crippen LogP contribution in [0.4, 0.5) is 0 Å². The highest BCUT2D eigenvalue weighted by atomic mass is 32.2. The Morgan fingerprint density at radius 1 is 1.28 bits per heavy atom. The van der Waals surface area contributed by atoms with Crippen LogP contribution in [0.25, 0.3) is 6.08 Å². The summed E-state index contributed by atoms with van der Waals surface area (Å²) >= 11 is 1.42. The van der Waals surface area contributed by atoms with Crippen molar-refractivity contribution in [2.45, 2.75) is 46.3 Å². The molecule has 1 aromatic rings. The molecule has 1 fully saturated rings. The lowest BCUT2D eigenvalue weighted by Gasteiger charge is -2.35. The minimum absolute atomic E-state index is 0.123. The molecule has 2 aliphatic heterocycles. The van der Waals surface area contributed by atoms with Gasteiger partial charge < -0.3 is 19.1 Å². The standard InChI is InChI=1S/C22H30N2O4S/c1-14(2)8-9-27-18-7-6-17(10-19(18)26-5)11-20-21(25)23-22(29-20)24-12-15(3)28-16(4)13-24/h6-7,10-11,14-16H,8-9,12-13H2,1-5H3/b20-11+/t15-,16-/m1/s1. The maximum Gasteiger partial charge on any atom is 0.286 e. The number of thioether (sulfide) groups is 1. The van der Waals surface area contributed by atoms with E-state index in [1.807, 2.05) is 38.1 Å². The van der Waals surface area contributed by atoms with E-state index in [-0.39, 0.29) is 18.1 Å². The van der Waals surface area contributed by atoms with Crippen LogP contribution in [0.1, 0.15) is 39.7 Å². The summed E-state index contributed by atoms with van der Waals surface area (Å²) in [6.07, 6.45) is 3.09. The molecule has 0 bridgehead atoms. The normalized spacial score (nSPS) is 23.7. The molecule has 1 saturated heterocycles. The van der Waals surface area contributed by atoms with Crippen molar-refractivity contribution < 1.29 is 19.0 Å². The highest BCUT2D eigenvalue weighted by molar-refractivity contribution is 8.18. The number of methoxy groups -OCH3 is 1. The third-order valence-electron chi connectivity index (χ3n) is 4.74. The van der Waals surface area contributed by atoms with Crippen molar-refractivity contribution in [1.29, 1.82) is 0 Å². The van der Waals surface area contributed by atoms with Crippen molar-refractivity contribution in [1.82, 2.24) is 4.90 Å². The van der Waals surface area contributed by atoms with E-state index < -0.39 is 0 Å². The topological polar surface area (TPSA) is 60.4 Å². The fourth-order valence-corrected chi connectivity index (χ4v) is 4.25. The Labute approximate surface area is 177 Å². The van der Waals surface area contributed by atoms with Gasteiger partial charge in [-0.15, -0.1) is 0 Å². The van der Waals surface area contributed by atoms with Crippen LogP contribution in [0, 0.1) is 5.92 Å². The highest BCUT2D eigenvalue weighted by Gasteiger charge is 2.31. The average Bonchev–Trinajstić information content (AvgIpc) is 3.02. The minimum atomic E-state index is -0.201. The van der Waals surface area contributed by atoms with E-state index in [0.717, 1.165) is 30.2 Å². The molecule has 0 unspecified atom stereocenters. The van der Waals surface area contributed by atoms with Crippen molar-refractivity contribution in [2.24, 2.45) is 10.9 Å². The van der Waals surface area contributed by atoms with Crippen LogP contribution in [-0.4, -0.2) is 55.0 Å². The Morgan fingerprint density at radius 3 is 2.66 bits per heavy atom. The van der Waals surface area contributed by atoms with E-state index in [1.165, 1.54) is 11.8 Å². The van der Waals surface area contributed by atoms with Crippen molar-refractivity contribution in [3.63, 3.8) is 0 Å². The fourth-order valence-electron chi connectivity index (χ4n) is 3.32. The van der Waals surface area contributed by atoms with Crippen LogP contribution in [0.2, 0.25) is 0 Å². The van der Waals surface area contributed by atoms with Crippen molar-refractivity contribution in [3.05, 3.63) is 28.7 Å². The summed E-state index contributed by atoms with van der Waals surface area (Å²) in [4.78, 5) is 19.4. The van der Waals surface area contributed by atoms with Gasteiger partial charge in [0, 0.05) is 13.1 Å². The first kappa shape index (κ1) is 21.7. The summed E-state index contributed by atoms with van der Waals surface area (Å²) < 4.78 is 17.1. The first-order valence-corrected chi connectivity index (χ1v) is 10.9. The monoisotopic (exact) mass is 418 g/mol. The summed E-state index contributed by atoms with van der Waals surface area (Å²) in [5.41, 5.74) is 0.883. The van der Waals surface area contributed by atoms with E-state index in [4.69, 9.17) is 14.2 Å². The molecule has 0 aliphatic carbocycles. The van der Waals surface area contributed by atoms with Gasteiger partial charge in [0.05, 0.1) is 30.8 Å². The molecule has 2 heterocycles. The number of amidine groups is 1. The number of rotatable bonds is 6. The number of carbonyl (C=O) groups is 1. The smallest absolute Gasteiger partial charge is 0.286 e. The number of morpholine rings is 1. The van der Waals surface area contributed by atoms with E-state index in [1.54, 1.807) is 7.11 Å². The van der Waals surface area contributed by atoms with Crippen molar-refractivity contribution >= 4 is 28.9 Å². The van der Waals surface area contributed by atoms with Crippen molar-refractivity contribution in [3.8, 4) is 11.5 Å². The molecular formula is C22H30N2O4S. The van der Waals surface area contributed by atoms with Gasteiger partial charge in [0.25, 0.3) is 5.91 Å². The van der Waals surface area contributed by atoms with Crippen LogP contribution >= 0.6 is 11.8 Å². The van der Waals surface area contributed by atoms with Crippen LogP contribution < -0.4 is 9.47 Å². The predicted molar refractivity (Wildman–Crippen MR) is 118 cm³/mol. The zero-order valence-electron chi connectivity index (χ0n) is 17.8.